The third-order valence-corrected chi connectivity index (χ3v) is 10.5. The summed E-state index contributed by atoms with van der Waals surface area (Å²) in [5.74, 6) is -2.33. The summed E-state index contributed by atoms with van der Waals surface area (Å²) in [6, 6.07) is 17.9. The van der Waals surface area contributed by atoms with E-state index in [-0.39, 0.29) is 36.3 Å². The molecule has 1 aliphatic carbocycles. The maximum absolute atomic E-state index is 14.6. The monoisotopic (exact) mass is 573 g/mol. The van der Waals surface area contributed by atoms with Crippen LogP contribution in [0.3, 0.4) is 0 Å². The molecule has 2 bridgehead atoms. The lowest BCUT2D eigenvalue weighted by atomic mass is 9.62. The first-order valence-corrected chi connectivity index (χ1v) is 15.6. The Labute approximate surface area is 248 Å². The standard InChI is InChI=1S/C34H43N3O5/c1-22-19-34-28(27(33(22,2)42-34)30(39)35-20-24-14-8-4-9-15-24)32(41)37(26(21-38)18-23-12-6-3-7-13-23)29(34)31(40)36-25-16-10-5-11-17-25/h3-4,6-9,12-15,22,25-29,38H,5,10-11,16-21H2,1-2H3,(H,35,39)(H,36,40)/t22?,26-,27+,28+,29?,33-,34?/m1/s1. The second-order valence-corrected chi connectivity index (χ2v) is 13.0. The predicted octanol–water partition coefficient (Wildman–Crippen LogP) is 3.37. The molecule has 3 N–H and O–H groups in total. The molecule has 0 radical (unpaired) electrons. The molecule has 8 heteroatoms. The first-order valence-electron chi connectivity index (χ1n) is 15.6. The van der Waals surface area contributed by atoms with Crippen molar-refractivity contribution < 1.29 is 24.2 Å². The molecule has 1 spiro atoms. The molecule has 2 aromatic carbocycles. The van der Waals surface area contributed by atoms with Crippen LogP contribution in [0.5, 0.6) is 0 Å². The number of hydrogen-bond donors (Lipinski definition) is 3. The van der Waals surface area contributed by atoms with E-state index in [4.69, 9.17) is 4.74 Å². The first kappa shape index (κ1) is 28.9. The zero-order valence-corrected chi connectivity index (χ0v) is 24.6. The van der Waals surface area contributed by atoms with Crippen LogP contribution in [0.1, 0.15) is 63.5 Å². The van der Waals surface area contributed by atoms with Gasteiger partial charge in [-0.1, -0.05) is 86.8 Å². The topological polar surface area (TPSA) is 108 Å². The number of carbonyl (C=O) groups is 3. The number of carbonyl (C=O) groups excluding carboxylic acids is 3. The van der Waals surface area contributed by atoms with Crippen LogP contribution in [0.25, 0.3) is 0 Å². The molecule has 3 heterocycles. The summed E-state index contributed by atoms with van der Waals surface area (Å²) in [5, 5.41) is 17.0. The summed E-state index contributed by atoms with van der Waals surface area (Å²) < 4.78 is 6.87. The Balaban J connectivity index is 1.36. The summed E-state index contributed by atoms with van der Waals surface area (Å²) in [4.78, 5) is 44.4. The third kappa shape index (κ3) is 4.82. The van der Waals surface area contributed by atoms with E-state index in [1.54, 1.807) is 4.90 Å². The number of fused-ring (bicyclic) bond motifs is 1. The maximum Gasteiger partial charge on any atom is 0.246 e. The highest BCUT2D eigenvalue weighted by Crippen LogP contribution is 2.65. The van der Waals surface area contributed by atoms with E-state index in [0.717, 1.165) is 43.2 Å². The van der Waals surface area contributed by atoms with E-state index in [1.807, 2.05) is 67.6 Å². The fraction of sp³-hybridized carbons (Fsp3) is 0.559. The van der Waals surface area contributed by atoms with Crippen LogP contribution in [-0.2, 0) is 32.1 Å². The van der Waals surface area contributed by atoms with Gasteiger partial charge in [0, 0.05) is 12.6 Å². The molecule has 0 aromatic heterocycles. The highest BCUT2D eigenvalue weighted by atomic mass is 16.5. The quantitative estimate of drug-likeness (QED) is 0.427. The van der Waals surface area contributed by atoms with Gasteiger partial charge >= 0.3 is 0 Å². The van der Waals surface area contributed by atoms with Crippen molar-refractivity contribution in [1.29, 1.82) is 0 Å². The van der Waals surface area contributed by atoms with Crippen LogP contribution < -0.4 is 10.6 Å². The van der Waals surface area contributed by atoms with Crippen LogP contribution in [0.15, 0.2) is 60.7 Å². The number of benzene rings is 2. The number of amides is 3. The molecular weight excluding hydrogens is 530 g/mol. The maximum atomic E-state index is 14.6. The predicted molar refractivity (Wildman–Crippen MR) is 158 cm³/mol. The van der Waals surface area contributed by atoms with Crippen molar-refractivity contribution in [2.24, 2.45) is 17.8 Å². The second kappa shape index (κ2) is 11.5. The van der Waals surface area contributed by atoms with Gasteiger partial charge in [-0.15, -0.1) is 0 Å². The van der Waals surface area contributed by atoms with Crippen LogP contribution >= 0.6 is 0 Å². The molecule has 224 valence electrons. The van der Waals surface area contributed by atoms with Crippen molar-refractivity contribution >= 4 is 17.7 Å². The molecule has 3 unspecified atom stereocenters. The average Bonchev–Trinajstić information content (AvgIpc) is 3.52. The molecule has 3 aliphatic heterocycles. The summed E-state index contributed by atoms with van der Waals surface area (Å²) >= 11 is 0. The summed E-state index contributed by atoms with van der Waals surface area (Å²) in [6.45, 7) is 4.03. The number of aliphatic hydroxyl groups excluding tert-OH is 1. The van der Waals surface area contributed by atoms with Gasteiger partial charge in [-0.3, -0.25) is 14.4 Å². The molecule has 3 amide bonds. The fourth-order valence-electron chi connectivity index (χ4n) is 8.33. The number of ether oxygens (including phenoxy) is 1. The lowest BCUT2D eigenvalue weighted by molar-refractivity contribution is -0.151. The number of rotatable bonds is 9. The SMILES string of the molecule is CC1CC23O[C@@]1(C)[C@H](C(=O)NCc1ccccc1)[C@H]2C(=O)N([C@@H](CO)Cc1ccccc1)C3C(=O)NC1CCCCC1. The zero-order chi connectivity index (χ0) is 29.5. The number of likely N-dealkylation sites (tertiary alicyclic amines) is 1. The molecule has 4 aliphatic rings. The molecule has 3 saturated heterocycles. The summed E-state index contributed by atoms with van der Waals surface area (Å²) in [6.07, 6.45) is 6.02. The number of aliphatic hydroxyl groups is 1. The Hall–Kier alpha value is -3.23. The molecule has 7 atom stereocenters. The van der Waals surface area contributed by atoms with E-state index in [0.29, 0.717) is 19.4 Å². The summed E-state index contributed by atoms with van der Waals surface area (Å²) in [7, 11) is 0. The van der Waals surface area contributed by atoms with Crippen molar-refractivity contribution in [3.8, 4) is 0 Å². The smallest absolute Gasteiger partial charge is 0.246 e. The number of nitrogens with zero attached hydrogens (tertiary/aromatic N) is 1. The third-order valence-electron chi connectivity index (χ3n) is 10.5. The van der Waals surface area contributed by atoms with Crippen molar-refractivity contribution in [1.82, 2.24) is 15.5 Å². The average molecular weight is 574 g/mol. The van der Waals surface area contributed by atoms with Crippen molar-refractivity contribution in [3.05, 3.63) is 71.8 Å². The number of hydrogen-bond acceptors (Lipinski definition) is 5. The Morgan fingerprint density at radius 2 is 1.64 bits per heavy atom. The summed E-state index contributed by atoms with van der Waals surface area (Å²) in [5.41, 5.74) is -0.0868. The molecular formula is C34H43N3O5. The molecule has 1 saturated carbocycles. The van der Waals surface area contributed by atoms with E-state index in [9.17, 15) is 19.5 Å². The van der Waals surface area contributed by atoms with Crippen molar-refractivity contribution in [2.45, 2.75) is 94.7 Å². The van der Waals surface area contributed by atoms with Crippen molar-refractivity contribution in [2.75, 3.05) is 6.61 Å². The van der Waals surface area contributed by atoms with Crippen LogP contribution in [-0.4, -0.2) is 63.7 Å². The Morgan fingerprint density at radius 3 is 2.29 bits per heavy atom. The van der Waals surface area contributed by atoms with E-state index in [2.05, 4.69) is 17.6 Å². The van der Waals surface area contributed by atoms with Gasteiger partial charge in [0.15, 0.2) is 0 Å². The van der Waals surface area contributed by atoms with Gasteiger partial charge in [0.05, 0.1) is 30.1 Å². The van der Waals surface area contributed by atoms with Crippen LogP contribution in [0.4, 0.5) is 0 Å². The molecule has 6 rings (SSSR count). The van der Waals surface area contributed by atoms with Gasteiger partial charge in [0.2, 0.25) is 17.7 Å². The molecule has 2 aromatic rings. The zero-order valence-electron chi connectivity index (χ0n) is 24.6. The largest absolute Gasteiger partial charge is 0.394 e. The minimum Gasteiger partial charge on any atom is -0.394 e. The van der Waals surface area contributed by atoms with E-state index >= 15 is 0 Å². The minimum absolute atomic E-state index is 0.0411. The molecule has 8 nitrogen and oxygen atoms in total. The molecule has 42 heavy (non-hydrogen) atoms. The Bertz CT molecular complexity index is 1300. The van der Waals surface area contributed by atoms with E-state index in [1.165, 1.54) is 0 Å². The number of nitrogens with one attached hydrogen (secondary N) is 2. The van der Waals surface area contributed by atoms with Gasteiger partial charge in [0.25, 0.3) is 0 Å². The van der Waals surface area contributed by atoms with Gasteiger partial charge in [-0.2, -0.15) is 0 Å². The van der Waals surface area contributed by atoms with Gasteiger partial charge in [-0.05, 0) is 49.7 Å². The minimum atomic E-state index is -1.14. The Morgan fingerprint density at radius 1 is 1.00 bits per heavy atom. The van der Waals surface area contributed by atoms with Crippen LogP contribution in [0.2, 0.25) is 0 Å². The van der Waals surface area contributed by atoms with E-state index < -0.39 is 35.1 Å². The van der Waals surface area contributed by atoms with Crippen LogP contribution in [0, 0.1) is 17.8 Å². The normalized spacial score (nSPS) is 32.9. The van der Waals surface area contributed by atoms with Gasteiger partial charge in [-0.25, -0.2) is 0 Å². The molecule has 4 fully saturated rings. The second-order valence-electron chi connectivity index (χ2n) is 13.0. The fourth-order valence-corrected chi connectivity index (χ4v) is 8.33. The highest BCUT2D eigenvalue weighted by Gasteiger charge is 2.80. The lowest BCUT2D eigenvalue weighted by Crippen LogP contribution is -2.59. The lowest BCUT2D eigenvalue weighted by Gasteiger charge is -2.38. The van der Waals surface area contributed by atoms with Gasteiger partial charge < -0.3 is 25.4 Å². The highest BCUT2D eigenvalue weighted by molar-refractivity contribution is 5.99. The van der Waals surface area contributed by atoms with Gasteiger partial charge in [0.1, 0.15) is 11.6 Å². The first-order chi connectivity index (χ1) is 20.3. The Kier molecular flexibility index (Phi) is 7.87. The van der Waals surface area contributed by atoms with Crippen molar-refractivity contribution in [3.63, 3.8) is 0 Å².